The van der Waals surface area contributed by atoms with Gasteiger partial charge in [-0.25, -0.2) is 0 Å². The number of benzene rings is 1. The van der Waals surface area contributed by atoms with Gasteiger partial charge in [-0.2, -0.15) is 4.98 Å². The fourth-order valence-electron chi connectivity index (χ4n) is 5.82. The molecule has 1 aromatic carbocycles. The van der Waals surface area contributed by atoms with Gasteiger partial charge in [-0.15, -0.1) is 10.2 Å². The van der Waals surface area contributed by atoms with Crippen molar-refractivity contribution >= 4 is 17.4 Å². The molecule has 3 aliphatic rings. The number of thioether (sulfide) groups is 1. The summed E-state index contributed by atoms with van der Waals surface area (Å²) < 4.78 is 6.69. The van der Waals surface area contributed by atoms with E-state index in [0.29, 0.717) is 34.2 Å². The highest BCUT2D eigenvalue weighted by molar-refractivity contribution is 7.99. The number of ether oxygens (including phenoxy) is 1. The Balaban J connectivity index is 1.48. The van der Waals surface area contributed by atoms with Gasteiger partial charge in [0, 0.05) is 22.9 Å². The Morgan fingerprint density at radius 1 is 1.21 bits per heavy atom. The number of nitrogens with zero attached hydrogens (tertiary/aromatic N) is 3. The summed E-state index contributed by atoms with van der Waals surface area (Å²) in [7, 11) is 0. The SMILES string of the molecule is CCCCSc1nnc2c(n1)OC(C1CC3C(=CCCC3(C)C)CC1C)Nc1ccccc1-2. The quantitative estimate of drug-likeness (QED) is 0.293. The van der Waals surface area contributed by atoms with Crippen LogP contribution in [-0.2, 0) is 0 Å². The fourth-order valence-corrected chi connectivity index (χ4v) is 6.69. The topological polar surface area (TPSA) is 59.9 Å². The first kappa shape index (κ1) is 22.7. The molecule has 2 aromatic rings. The second-order valence-electron chi connectivity index (χ2n) is 10.6. The molecule has 0 amide bonds. The van der Waals surface area contributed by atoms with Gasteiger partial charge in [0.2, 0.25) is 11.0 Å². The molecule has 5 nitrogen and oxygen atoms in total. The predicted octanol–water partition coefficient (Wildman–Crippen LogP) is 6.97. The van der Waals surface area contributed by atoms with Crippen LogP contribution >= 0.6 is 11.8 Å². The van der Waals surface area contributed by atoms with Crippen LogP contribution in [0.15, 0.2) is 41.1 Å². The van der Waals surface area contributed by atoms with Crippen LogP contribution in [0.25, 0.3) is 11.3 Å². The Bertz CT molecular complexity index is 1040. The third-order valence-corrected chi connectivity index (χ3v) is 8.78. The van der Waals surface area contributed by atoms with Crippen molar-refractivity contribution in [1.82, 2.24) is 15.2 Å². The van der Waals surface area contributed by atoms with Crippen LogP contribution < -0.4 is 10.1 Å². The van der Waals surface area contributed by atoms with E-state index in [1.54, 1.807) is 17.3 Å². The van der Waals surface area contributed by atoms with Crippen molar-refractivity contribution in [3.8, 4) is 17.1 Å². The van der Waals surface area contributed by atoms with Gasteiger partial charge in [-0.05, 0) is 55.4 Å². The number of para-hydroxylation sites is 1. The van der Waals surface area contributed by atoms with Gasteiger partial charge in [-0.3, -0.25) is 0 Å². The summed E-state index contributed by atoms with van der Waals surface area (Å²) in [5.41, 5.74) is 4.82. The minimum Gasteiger partial charge on any atom is -0.452 e. The third kappa shape index (κ3) is 4.51. The summed E-state index contributed by atoms with van der Waals surface area (Å²) in [5, 5.41) is 13.4. The molecule has 1 saturated carbocycles. The van der Waals surface area contributed by atoms with E-state index in [1.165, 1.54) is 12.8 Å². The van der Waals surface area contributed by atoms with Crippen LogP contribution in [0.1, 0.15) is 66.2 Å². The number of anilines is 1. The average Bonchev–Trinajstić information content (AvgIpc) is 2.95. The van der Waals surface area contributed by atoms with Crippen molar-refractivity contribution < 1.29 is 4.74 Å². The van der Waals surface area contributed by atoms with Crippen molar-refractivity contribution in [1.29, 1.82) is 0 Å². The first-order valence-corrected chi connectivity index (χ1v) is 13.5. The largest absolute Gasteiger partial charge is 0.452 e. The number of allylic oxidation sites excluding steroid dienone is 2. The lowest BCUT2D eigenvalue weighted by atomic mass is 9.59. The molecule has 4 unspecified atom stereocenters. The summed E-state index contributed by atoms with van der Waals surface area (Å²) in [6, 6.07) is 8.32. The Morgan fingerprint density at radius 2 is 2.06 bits per heavy atom. The molecule has 2 aliphatic carbocycles. The molecule has 0 saturated heterocycles. The Morgan fingerprint density at radius 3 is 2.91 bits per heavy atom. The van der Waals surface area contributed by atoms with Gasteiger partial charge in [-0.1, -0.05) is 75.7 Å². The van der Waals surface area contributed by atoms with E-state index in [-0.39, 0.29) is 6.23 Å². The van der Waals surface area contributed by atoms with E-state index >= 15 is 0 Å². The number of aromatic nitrogens is 3. The van der Waals surface area contributed by atoms with Crippen molar-refractivity contribution in [3.05, 3.63) is 35.9 Å². The average molecular weight is 465 g/mol. The van der Waals surface area contributed by atoms with E-state index in [0.717, 1.165) is 48.4 Å². The fraction of sp³-hybridized carbons (Fsp3) is 0.593. The van der Waals surface area contributed by atoms with Gasteiger partial charge >= 0.3 is 0 Å². The molecule has 1 fully saturated rings. The molecule has 176 valence electrons. The molecule has 6 heteroatoms. The summed E-state index contributed by atoms with van der Waals surface area (Å²) in [6.07, 6.45) is 9.48. The van der Waals surface area contributed by atoms with Gasteiger partial charge < -0.3 is 10.1 Å². The second kappa shape index (κ2) is 9.28. The minimum absolute atomic E-state index is 0.133. The predicted molar refractivity (Wildman–Crippen MR) is 135 cm³/mol. The zero-order valence-electron chi connectivity index (χ0n) is 20.3. The van der Waals surface area contributed by atoms with E-state index in [4.69, 9.17) is 9.72 Å². The van der Waals surface area contributed by atoms with Crippen LogP contribution in [0.5, 0.6) is 5.88 Å². The standard InChI is InChI=1S/C27H36N4OS/c1-5-6-14-33-26-29-25-23(30-31-26)19-11-7-8-12-22(19)28-24(32-25)20-16-21-18(15-17(20)2)10-9-13-27(21,3)4/h7-8,10-12,17,20-21,24,28H,5-6,9,13-16H2,1-4H3. The molecule has 2 heterocycles. The highest BCUT2D eigenvalue weighted by Gasteiger charge is 2.44. The first-order chi connectivity index (χ1) is 16.0. The van der Waals surface area contributed by atoms with Gasteiger partial charge in [0.1, 0.15) is 0 Å². The number of hydrogen-bond donors (Lipinski definition) is 1. The number of hydrogen-bond acceptors (Lipinski definition) is 6. The molecular formula is C27H36N4OS. The molecule has 4 atom stereocenters. The van der Waals surface area contributed by atoms with Crippen molar-refractivity contribution in [3.63, 3.8) is 0 Å². The van der Waals surface area contributed by atoms with Crippen molar-refractivity contribution in [2.45, 2.75) is 77.6 Å². The lowest BCUT2D eigenvalue weighted by Crippen LogP contribution is -2.45. The van der Waals surface area contributed by atoms with E-state index in [2.05, 4.69) is 67.5 Å². The Kier molecular flexibility index (Phi) is 6.39. The molecule has 0 spiro atoms. The van der Waals surface area contributed by atoms with Crippen LogP contribution in [0.3, 0.4) is 0 Å². The van der Waals surface area contributed by atoms with Crippen molar-refractivity contribution in [2.75, 3.05) is 11.1 Å². The summed E-state index contributed by atoms with van der Waals surface area (Å²) in [5.74, 6) is 3.18. The van der Waals surface area contributed by atoms with Crippen LogP contribution in [0, 0.1) is 23.2 Å². The molecule has 1 aromatic heterocycles. The molecule has 0 radical (unpaired) electrons. The number of rotatable bonds is 5. The normalized spacial score (nSPS) is 27.7. The van der Waals surface area contributed by atoms with Crippen LogP contribution in [0.2, 0.25) is 0 Å². The van der Waals surface area contributed by atoms with E-state index in [1.807, 2.05) is 6.07 Å². The first-order valence-electron chi connectivity index (χ1n) is 12.6. The lowest BCUT2D eigenvalue weighted by molar-refractivity contribution is 0.0519. The number of nitrogens with one attached hydrogen (secondary N) is 1. The van der Waals surface area contributed by atoms with Gasteiger partial charge in [0.05, 0.1) is 0 Å². The van der Waals surface area contributed by atoms with E-state index in [9.17, 15) is 0 Å². The molecule has 0 bridgehead atoms. The lowest BCUT2D eigenvalue weighted by Gasteiger charge is -2.48. The smallest absolute Gasteiger partial charge is 0.247 e. The maximum Gasteiger partial charge on any atom is 0.247 e. The van der Waals surface area contributed by atoms with E-state index < -0.39 is 0 Å². The zero-order chi connectivity index (χ0) is 23.0. The monoisotopic (exact) mass is 464 g/mol. The maximum atomic E-state index is 6.69. The number of unbranched alkanes of at least 4 members (excludes halogenated alkanes) is 1. The Hall–Kier alpha value is -2.08. The molecule has 33 heavy (non-hydrogen) atoms. The third-order valence-electron chi connectivity index (χ3n) is 7.85. The molecular weight excluding hydrogens is 428 g/mol. The zero-order valence-corrected chi connectivity index (χ0v) is 21.1. The summed E-state index contributed by atoms with van der Waals surface area (Å²) >= 11 is 1.67. The van der Waals surface area contributed by atoms with Crippen LogP contribution in [-0.4, -0.2) is 27.2 Å². The molecule has 1 N–H and O–H groups in total. The summed E-state index contributed by atoms with van der Waals surface area (Å²) in [4.78, 5) is 4.84. The number of fused-ring (bicyclic) bond motifs is 4. The second-order valence-corrected chi connectivity index (χ2v) is 11.7. The highest BCUT2D eigenvalue weighted by Crippen LogP contribution is 2.52. The summed E-state index contributed by atoms with van der Waals surface area (Å²) in [6.45, 7) is 9.48. The minimum atomic E-state index is -0.133. The highest BCUT2D eigenvalue weighted by atomic mass is 32.2. The van der Waals surface area contributed by atoms with Crippen LogP contribution in [0.4, 0.5) is 5.69 Å². The molecule has 5 rings (SSSR count). The molecule has 1 aliphatic heterocycles. The van der Waals surface area contributed by atoms with Gasteiger partial charge in [0.25, 0.3) is 0 Å². The Labute approximate surface area is 202 Å². The van der Waals surface area contributed by atoms with Gasteiger partial charge in [0.15, 0.2) is 11.9 Å². The maximum absolute atomic E-state index is 6.69. The van der Waals surface area contributed by atoms with Crippen molar-refractivity contribution in [2.24, 2.45) is 23.2 Å².